The topological polar surface area (TPSA) is 78.7 Å². The molecule has 6 nitrogen and oxygen atoms in total. The Bertz CT molecular complexity index is 800. The third-order valence-electron chi connectivity index (χ3n) is 4.14. The fourth-order valence-corrected chi connectivity index (χ4v) is 2.90. The van der Waals surface area contributed by atoms with Gasteiger partial charge in [-0.25, -0.2) is 4.79 Å². The monoisotopic (exact) mass is 327 g/mol. The molecular formula is C18H17NO5. The molecule has 0 amide bonds. The Morgan fingerprint density at radius 3 is 2.54 bits per heavy atom. The maximum Gasteiger partial charge on any atom is 0.343 e. The van der Waals surface area contributed by atoms with Gasteiger partial charge in [0.05, 0.1) is 17.6 Å². The number of nitrogens with zero attached hydrogens (tertiary/aromatic N) is 1. The number of rotatable bonds is 4. The van der Waals surface area contributed by atoms with Gasteiger partial charge in [0.1, 0.15) is 5.75 Å². The maximum absolute atomic E-state index is 12.3. The molecule has 0 aromatic heterocycles. The van der Waals surface area contributed by atoms with Gasteiger partial charge >= 0.3 is 11.7 Å². The molecule has 0 bridgehead atoms. The van der Waals surface area contributed by atoms with Crippen molar-refractivity contribution in [2.45, 2.75) is 25.7 Å². The molecule has 2 aromatic rings. The van der Waals surface area contributed by atoms with E-state index in [0.717, 1.165) is 19.3 Å². The number of ether oxygens (including phenoxy) is 2. The van der Waals surface area contributed by atoms with Crippen molar-refractivity contribution in [1.29, 1.82) is 0 Å². The molecule has 0 atom stereocenters. The Morgan fingerprint density at radius 2 is 1.83 bits per heavy atom. The summed E-state index contributed by atoms with van der Waals surface area (Å²) in [5, 5.41) is 11.0. The summed E-state index contributed by atoms with van der Waals surface area (Å²) in [5.41, 5.74) is 2.34. The number of esters is 1. The minimum atomic E-state index is -0.628. The number of nitro benzene ring substituents is 1. The van der Waals surface area contributed by atoms with E-state index in [1.165, 1.54) is 42.9 Å². The van der Waals surface area contributed by atoms with Crippen molar-refractivity contribution in [2.75, 3.05) is 7.11 Å². The van der Waals surface area contributed by atoms with Gasteiger partial charge in [0, 0.05) is 6.07 Å². The van der Waals surface area contributed by atoms with E-state index in [9.17, 15) is 14.9 Å². The average Bonchev–Trinajstić information content (AvgIpc) is 2.61. The number of aryl methyl sites for hydroxylation is 2. The smallest absolute Gasteiger partial charge is 0.343 e. The molecular weight excluding hydrogens is 310 g/mol. The highest BCUT2D eigenvalue weighted by atomic mass is 16.6. The van der Waals surface area contributed by atoms with Crippen LogP contribution in [-0.4, -0.2) is 18.0 Å². The molecule has 0 unspecified atom stereocenters. The van der Waals surface area contributed by atoms with Crippen molar-refractivity contribution in [3.05, 3.63) is 63.2 Å². The largest absolute Gasteiger partial charge is 0.490 e. The van der Waals surface area contributed by atoms with E-state index in [1.807, 2.05) is 12.1 Å². The first-order valence-electron chi connectivity index (χ1n) is 7.75. The molecule has 2 aromatic carbocycles. The molecule has 3 rings (SSSR count). The van der Waals surface area contributed by atoms with Gasteiger partial charge in [-0.3, -0.25) is 10.1 Å². The fourth-order valence-electron chi connectivity index (χ4n) is 2.90. The van der Waals surface area contributed by atoms with Gasteiger partial charge in [-0.1, -0.05) is 6.07 Å². The molecule has 24 heavy (non-hydrogen) atoms. The SMILES string of the molecule is COc1ccc(C(=O)Oc2ccc3c(c2)CCCC3)cc1[N+](=O)[O-]. The van der Waals surface area contributed by atoms with Crippen molar-refractivity contribution >= 4 is 11.7 Å². The van der Waals surface area contributed by atoms with Gasteiger partial charge < -0.3 is 9.47 Å². The Kier molecular flexibility index (Phi) is 4.46. The lowest BCUT2D eigenvalue weighted by atomic mass is 9.92. The van der Waals surface area contributed by atoms with Crippen LogP contribution < -0.4 is 9.47 Å². The van der Waals surface area contributed by atoms with Gasteiger partial charge in [0.15, 0.2) is 5.75 Å². The molecule has 0 heterocycles. The summed E-state index contributed by atoms with van der Waals surface area (Å²) in [7, 11) is 1.34. The second-order valence-corrected chi connectivity index (χ2v) is 5.67. The predicted molar refractivity (Wildman–Crippen MR) is 87.7 cm³/mol. The molecule has 0 radical (unpaired) electrons. The number of fused-ring (bicyclic) bond motifs is 1. The van der Waals surface area contributed by atoms with Crippen LogP contribution in [-0.2, 0) is 12.8 Å². The van der Waals surface area contributed by atoms with Crippen molar-refractivity contribution in [3.8, 4) is 11.5 Å². The highest BCUT2D eigenvalue weighted by Crippen LogP contribution is 2.29. The summed E-state index contributed by atoms with van der Waals surface area (Å²) >= 11 is 0. The van der Waals surface area contributed by atoms with Crippen LogP contribution in [0.2, 0.25) is 0 Å². The van der Waals surface area contributed by atoms with Crippen LogP contribution in [0.25, 0.3) is 0 Å². The van der Waals surface area contributed by atoms with Crippen molar-refractivity contribution in [1.82, 2.24) is 0 Å². The Morgan fingerprint density at radius 1 is 1.08 bits per heavy atom. The lowest BCUT2D eigenvalue weighted by Crippen LogP contribution is -2.10. The summed E-state index contributed by atoms with van der Waals surface area (Å²) in [6, 6.07) is 9.63. The van der Waals surface area contributed by atoms with Crippen LogP contribution >= 0.6 is 0 Å². The number of hydrogen-bond donors (Lipinski definition) is 0. The second-order valence-electron chi connectivity index (χ2n) is 5.67. The minimum Gasteiger partial charge on any atom is -0.490 e. The zero-order valence-electron chi connectivity index (χ0n) is 13.3. The highest BCUT2D eigenvalue weighted by molar-refractivity contribution is 5.92. The normalized spacial score (nSPS) is 13.0. The number of methoxy groups -OCH3 is 1. The van der Waals surface area contributed by atoms with Gasteiger partial charge in [-0.2, -0.15) is 0 Å². The zero-order valence-corrected chi connectivity index (χ0v) is 13.3. The first-order valence-corrected chi connectivity index (χ1v) is 7.75. The zero-order chi connectivity index (χ0) is 17.1. The number of carbonyl (C=O) groups excluding carboxylic acids is 1. The molecule has 0 spiro atoms. The molecule has 0 fully saturated rings. The van der Waals surface area contributed by atoms with Crippen LogP contribution in [0.5, 0.6) is 11.5 Å². The van der Waals surface area contributed by atoms with Crippen LogP contribution in [0.15, 0.2) is 36.4 Å². The lowest BCUT2D eigenvalue weighted by Gasteiger charge is -2.16. The molecule has 0 aliphatic heterocycles. The van der Waals surface area contributed by atoms with Gasteiger partial charge in [0.25, 0.3) is 0 Å². The summed E-state index contributed by atoms with van der Waals surface area (Å²) in [5.74, 6) is -0.0686. The fraction of sp³-hybridized carbons (Fsp3) is 0.278. The summed E-state index contributed by atoms with van der Waals surface area (Å²) in [6.45, 7) is 0. The van der Waals surface area contributed by atoms with Gasteiger partial charge in [-0.15, -0.1) is 0 Å². The molecule has 0 saturated carbocycles. The lowest BCUT2D eigenvalue weighted by molar-refractivity contribution is -0.385. The third-order valence-corrected chi connectivity index (χ3v) is 4.14. The van der Waals surface area contributed by atoms with Crippen LogP contribution in [0.1, 0.15) is 34.3 Å². The number of hydrogen-bond acceptors (Lipinski definition) is 5. The van der Waals surface area contributed by atoms with E-state index in [-0.39, 0.29) is 17.0 Å². The molecule has 1 aliphatic carbocycles. The van der Waals surface area contributed by atoms with Crippen LogP contribution in [0.4, 0.5) is 5.69 Å². The average molecular weight is 327 g/mol. The molecule has 0 N–H and O–H groups in total. The highest BCUT2D eigenvalue weighted by Gasteiger charge is 2.20. The number of benzene rings is 2. The first kappa shape index (κ1) is 16.0. The van der Waals surface area contributed by atoms with Crippen LogP contribution in [0.3, 0.4) is 0 Å². The number of carbonyl (C=O) groups is 1. The van der Waals surface area contributed by atoms with Gasteiger partial charge in [0.2, 0.25) is 0 Å². The van der Waals surface area contributed by atoms with Crippen molar-refractivity contribution < 1.29 is 19.2 Å². The molecule has 124 valence electrons. The second kappa shape index (κ2) is 6.70. The Balaban J connectivity index is 1.82. The van der Waals surface area contributed by atoms with Crippen LogP contribution in [0, 0.1) is 10.1 Å². The Hall–Kier alpha value is -2.89. The summed E-state index contributed by atoms with van der Waals surface area (Å²) in [4.78, 5) is 22.7. The molecule has 0 saturated heterocycles. The maximum atomic E-state index is 12.3. The summed E-state index contributed by atoms with van der Waals surface area (Å²) in [6.07, 6.45) is 4.35. The third kappa shape index (κ3) is 3.22. The minimum absolute atomic E-state index is 0.102. The van der Waals surface area contributed by atoms with E-state index in [1.54, 1.807) is 6.07 Å². The number of nitro groups is 1. The van der Waals surface area contributed by atoms with E-state index in [2.05, 4.69) is 0 Å². The summed E-state index contributed by atoms with van der Waals surface area (Å²) < 4.78 is 10.3. The van der Waals surface area contributed by atoms with Crippen molar-refractivity contribution in [2.24, 2.45) is 0 Å². The van der Waals surface area contributed by atoms with E-state index in [0.29, 0.717) is 5.75 Å². The van der Waals surface area contributed by atoms with E-state index < -0.39 is 10.9 Å². The van der Waals surface area contributed by atoms with Gasteiger partial charge in [-0.05, 0) is 61.1 Å². The van der Waals surface area contributed by atoms with E-state index >= 15 is 0 Å². The quantitative estimate of drug-likeness (QED) is 0.370. The molecule has 1 aliphatic rings. The van der Waals surface area contributed by atoms with E-state index in [4.69, 9.17) is 9.47 Å². The molecule has 6 heteroatoms. The standard InChI is InChI=1S/C18H17NO5/c1-23-17-9-7-14(11-16(17)19(21)22)18(20)24-15-8-6-12-4-2-3-5-13(12)10-15/h6-11H,2-5H2,1H3. The first-order chi connectivity index (χ1) is 11.6. The predicted octanol–water partition coefficient (Wildman–Crippen LogP) is 3.70. The van der Waals surface area contributed by atoms with Crippen molar-refractivity contribution in [3.63, 3.8) is 0 Å². The Labute approximate surface area is 139 Å².